The fraction of sp³-hybridized carbons (Fsp3) is 0.429. The van der Waals surface area contributed by atoms with Crippen molar-refractivity contribution >= 4 is 32.5 Å². The molecule has 4 atom stereocenters. The van der Waals surface area contributed by atoms with E-state index < -0.39 is 24.4 Å². The van der Waals surface area contributed by atoms with Crippen molar-refractivity contribution in [3.05, 3.63) is 47.9 Å². The Kier molecular flexibility index (Phi) is 6.35. The van der Waals surface area contributed by atoms with Gasteiger partial charge in [-0.3, -0.25) is 4.90 Å². The molecule has 1 aliphatic heterocycles. The number of nitrogens with zero attached hydrogens (tertiary/aromatic N) is 4. The van der Waals surface area contributed by atoms with Crippen LogP contribution in [-0.2, 0) is 0 Å². The van der Waals surface area contributed by atoms with Gasteiger partial charge in [-0.1, -0.05) is 23.5 Å². The molecule has 0 aliphatic carbocycles. The molecule has 2 aromatic heterocycles. The smallest absolute Gasteiger partial charge is 0.186 e. The molecule has 1 aromatic carbocycles. The minimum atomic E-state index is -1.19. The standard InChI is InChI=1S/C21H26FN5O3S/c1-12-11-26(21(30)25-20-24-16-5-3-4-6-17(16)31-20)7-8-27(12)19-15(22)9-14(10-23-19)18(29)13(2)28/h3-6,9-10,12-13,18,21,28-30H,7-8,11H2,1-2H3,(H,24,25)/t12-,13-,18+,21?/m1/s1. The first kappa shape index (κ1) is 21.8. The van der Waals surface area contributed by atoms with Crippen LogP contribution in [0, 0.1) is 5.82 Å². The van der Waals surface area contributed by atoms with Crippen molar-refractivity contribution in [1.82, 2.24) is 14.9 Å². The number of piperazine rings is 1. The predicted octanol–water partition coefficient (Wildman–Crippen LogP) is 2.14. The van der Waals surface area contributed by atoms with Gasteiger partial charge in [0.1, 0.15) is 6.10 Å². The maximum absolute atomic E-state index is 14.7. The normalized spacial score (nSPS) is 20.6. The van der Waals surface area contributed by atoms with E-state index in [9.17, 15) is 19.7 Å². The summed E-state index contributed by atoms with van der Waals surface area (Å²) in [7, 11) is 0. The fourth-order valence-electron chi connectivity index (χ4n) is 3.76. The molecule has 0 saturated carbocycles. The monoisotopic (exact) mass is 447 g/mol. The quantitative estimate of drug-likeness (QED) is 0.426. The van der Waals surface area contributed by atoms with E-state index in [1.165, 1.54) is 30.5 Å². The second kappa shape index (κ2) is 9.01. The molecule has 166 valence electrons. The molecular weight excluding hydrogens is 421 g/mol. The summed E-state index contributed by atoms with van der Waals surface area (Å²) in [6, 6.07) is 8.90. The highest BCUT2D eigenvalue weighted by Crippen LogP contribution is 2.28. The third-order valence-corrected chi connectivity index (χ3v) is 6.43. The number of rotatable bonds is 6. The van der Waals surface area contributed by atoms with Crippen molar-refractivity contribution in [1.29, 1.82) is 0 Å². The highest BCUT2D eigenvalue weighted by Gasteiger charge is 2.30. The summed E-state index contributed by atoms with van der Waals surface area (Å²) in [4.78, 5) is 12.4. The van der Waals surface area contributed by atoms with Gasteiger partial charge < -0.3 is 25.5 Å². The van der Waals surface area contributed by atoms with Crippen LogP contribution in [0.3, 0.4) is 0 Å². The molecule has 1 unspecified atom stereocenters. The number of anilines is 2. The highest BCUT2D eigenvalue weighted by atomic mass is 32.1. The number of halogens is 1. The summed E-state index contributed by atoms with van der Waals surface area (Å²) in [6.45, 7) is 4.85. The van der Waals surface area contributed by atoms with Gasteiger partial charge >= 0.3 is 0 Å². The number of para-hydroxylation sites is 1. The number of fused-ring (bicyclic) bond motifs is 1. The SMILES string of the molecule is C[C@@H]1CN(C(O)Nc2nc3ccccc3s2)CCN1c1ncc([C@@H](O)[C@@H](C)O)cc1F. The Hall–Kier alpha value is -2.37. The lowest BCUT2D eigenvalue weighted by Gasteiger charge is -2.42. The summed E-state index contributed by atoms with van der Waals surface area (Å²) in [5.74, 6) is -0.354. The van der Waals surface area contributed by atoms with Crippen LogP contribution in [0.15, 0.2) is 36.5 Å². The van der Waals surface area contributed by atoms with Crippen LogP contribution >= 0.6 is 11.3 Å². The number of aromatic nitrogens is 2. The summed E-state index contributed by atoms with van der Waals surface area (Å²) >= 11 is 1.48. The minimum absolute atomic E-state index is 0.102. The first-order valence-corrected chi connectivity index (χ1v) is 11.0. The second-order valence-corrected chi connectivity index (χ2v) is 8.83. The van der Waals surface area contributed by atoms with E-state index in [2.05, 4.69) is 15.3 Å². The number of aliphatic hydroxyl groups is 3. The Balaban J connectivity index is 1.41. The van der Waals surface area contributed by atoms with Gasteiger partial charge in [-0.15, -0.1) is 0 Å². The van der Waals surface area contributed by atoms with Gasteiger partial charge in [0, 0.05) is 37.4 Å². The Labute approximate surface area is 183 Å². The Bertz CT molecular complexity index is 1020. The van der Waals surface area contributed by atoms with Gasteiger partial charge in [0.25, 0.3) is 0 Å². The van der Waals surface area contributed by atoms with Gasteiger partial charge in [-0.2, -0.15) is 0 Å². The third-order valence-electron chi connectivity index (χ3n) is 5.46. The molecule has 8 nitrogen and oxygen atoms in total. The number of aliphatic hydroxyl groups excluding tert-OH is 3. The Morgan fingerprint density at radius 2 is 2.00 bits per heavy atom. The molecule has 0 radical (unpaired) electrons. The Morgan fingerprint density at radius 3 is 2.68 bits per heavy atom. The lowest BCUT2D eigenvalue weighted by atomic mass is 10.1. The predicted molar refractivity (Wildman–Crippen MR) is 118 cm³/mol. The van der Waals surface area contributed by atoms with Crippen LogP contribution in [0.5, 0.6) is 0 Å². The maximum atomic E-state index is 14.7. The second-order valence-electron chi connectivity index (χ2n) is 7.80. The van der Waals surface area contributed by atoms with Gasteiger partial charge in [0.2, 0.25) is 0 Å². The average Bonchev–Trinajstić information content (AvgIpc) is 3.15. The van der Waals surface area contributed by atoms with Gasteiger partial charge in [0.15, 0.2) is 23.1 Å². The zero-order valence-electron chi connectivity index (χ0n) is 17.3. The average molecular weight is 448 g/mol. The number of hydrogen-bond acceptors (Lipinski definition) is 9. The molecule has 0 bridgehead atoms. The maximum Gasteiger partial charge on any atom is 0.186 e. The zero-order chi connectivity index (χ0) is 22.1. The van der Waals surface area contributed by atoms with Crippen molar-refractivity contribution in [2.75, 3.05) is 29.9 Å². The topological polar surface area (TPSA) is 105 Å². The van der Waals surface area contributed by atoms with Crippen LogP contribution in [0.2, 0.25) is 0 Å². The van der Waals surface area contributed by atoms with Crippen LogP contribution in [0.25, 0.3) is 10.2 Å². The summed E-state index contributed by atoms with van der Waals surface area (Å²) < 4.78 is 15.7. The first-order chi connectivity index (χ1) is 14.8. The zero-order valence-corrected chi connectivity index (χ0v) is 18.1. The minimum Gasteiger partial charge on any atom is -0.390 e. The van der Waals surface area contributed by atoms with Crippen LogP contribution in [-0.4, -0.2) is 68.3 Å². The van der Waals surface area contributed by atoms with Gasteiger partial charge in [-0.05, 0) is 32.0 Å². The Morgan fingerprint density at radius 1 is 1.23 bits per heavy atom. The van der Waals surface area contributed by atoms with E-state index in [-0.39, 0.29) is 17.4 Å². The molecule has 1 aliphatic rings. The van der Waals surface area contributed by atoms with E-state index in [0.717, 1.165) is 10.2 Å². The van der Waals surface area contributed by atoms with Crippen molar-refractivity contribution in [3.8, 4) is 0 Å². The number of benzene rings is 1. The fourth-order valence-corrected chi connectivity index (χ4v) is 4.64. The lowest BCUT2D eigenvalue weighted by molar-refractivity contribution is 0.0145. The van der Waals surface area contributed by atoms with E-state index >= 15 is 0 Å². The van der Waals surface area contributed by atoms with Crippen molar-refractivity contribution in [3.63, 3.8) is 0 Å². The molecule has 31 heavy (non-hydrogen) atoms. The van der Waals surface area contributed by atoms with Gasteiger partial charge in [-0.25, -0.2) is 14.4 Å². The molecule has 3 heterocycles. The van der Waals surface area contributed by atoms with Crippen LogP contribution in [0.4, 0.5) is 15.3 Å². The van der Waals surface area contributed by atoms with E-state index in [1.807, 2.05) is 41.0 Å². The molecule has 4 rings (SSSR count). The van der Waals surface area contributed by atoms with E-state index in [4.69, 9.17) is 0 Å². The molecule has 3 aromatic rings. The molecule has 1 fully saturated rings. The molecule has 1 saturated heterocycles. The number of nitrogens with one attached hydrogen (secondary N) is 1. The number of pyridine rings is 1. The van der Waals surface area contributed by atoms with Crippen molar-refractivity contribution < 1.29 is 19.7 Å². The molecule has 0 amide bonds. The number of thiazole rings is 1. The van der Waals surface area contributed by atoms with E-state index in [1.54, 1.807) is 0 Å². The first-order valence-electron chi connectivity index (χ1n) is 10.2. The molecular formula is C21H26FN5O3S. The van der Waals surface area contributed by atoms with E-state index in [0.29, 0.717) is 24.8 Å². The van der Waals surface area contributed by atoms with Gasteiger partial charge in [0.05, 0.1) is 16.3 Å². The number of hydrogen-bond donors (Lipinski definition) is 4. The summed E-state index contributed by atoms with van der Waals surface area (Å²) in [5, 5.41) is 33.8. The molecule has 4 N–H and O–H groups in total. The van der Waals surface area contributed by atoms with Crippen molar-refractivity contribution in [2.24, 2.45) is 0 Å². The molecule has 10 heteroatoms. The largest absolute Gasteiger partial charge is 0.390 e. The summed E-state index contributed by atoms with van der Waals surface area (Å²) in [5.41, 5.74) is 1.11. The molecule has 0 spiro atoms. The van der Waals surface area contributed by atoms with Crippen LogP contribution < -0.4 is 10.2 Å². The van der Waals surface area contributed by atoms with Crippen LogP contribution in [0.1, 0.15) is 25.5 Å². The van der Waals surface area contributed by atoms with Crippen molar-refractivity contribution in [2.45, 2.75) is 38.4 Å². The third kappa shape index (κ3) is 4.63. The summed E-state index contributed by atoms with van der Waals surface area (Å²) in [6.07, 6.45) is -1.72. The highest BCUT2D eigenvalue weighted by molar-refractivity contribution is 7.22. The lowest BCUT2D eigenvalue weighted by Crippen LogP contribution is -2.57.